The highest BCUT2D eigenvalue weighted by molar-refractivity contribution is 6.00. The van der Waals surface area contributed by atoms with Crippen molar-refractivity contribution >= 4 is 21.9 Å². The molecule has 2 heterocycles. The van der Waals surface area contributed by atoms with Gasteiger partial charge in [0, 0.05) is 12.0 Å². The van der Waals surface area contributed by atoms with Crippen molar-refractivity contribution in [3.05, 3.63) is 41.5 Å². The zero-order chi connectivity index (χ0) is 14.2. The van der Waals surface area contributed by atoms with Crippen LogP contribution in [-0.4, -0.2) is 9.97 Å². The van der Waals surface area contributed by atoms with Crippen LogP contribution in [0, 0.1) is 5.21 Å². The van der Waals surface area contributed by atoms with Crippen molar-refractivity contribution in [3.63, 3.8) is 0 Å². The maximum atomic E-state index is 12.1. The number of nitrogens with zero attached hydrogens (tertiary/aromatic N) is 2. The van der Waals surface area contributed by atoms with Gasteiger partial charge in [-0.25, -0.2) is 4.98 Å². The highest BCUT2D eigenvalue weighted by Gasteiger charge is 2.20. The molecule has 1 aliphatic rings. The molecule has 4 rings (SSSR count). The van der Waals surface area contributed by atoms with Gasteiger partial charge in [-0.3, -0.25) is 0 Å². The molecular formula is C17H19N3O. The van der Waals surface area contributed by atoms with Crippen LogP contribution in [0.2, 0.25) is 0 Å². The van der Waals surface area contributed by atoms with E-state index in [1.165, 1.54) is 38.5 Å². The van der Waals surface area contributed by atoms with Crippen LogP contribution in [0.4, 0.5) is 0 Å². The zero-order valence-corrected chi connectivity index (χ0v) is 12.0. The Kier molecular flexibility index (Phi) is 3.02. The second-order valence-electron chi connectivity index (χ2n) is 6.04. The first-order chi connectivity index (χ1) is 10.3. The lowest BCUT2D eigenvalue weighted by molar-refractivity contribution is -0.575. The number of para-hydroxylation sites is 1. The van der Waals surface area contributed by atoms with Gasteiger partial charge < -0.3 is 10.2 Å². The van der Waals surface area contributed by atoms with E-state index in [9.17, 15) is 5.21 Å². The minimum Gasteiger partial charge on any atom is -0.618 e. The van der Waals surface area contributed by atoms with Crippen LogP contribution in [0.3, 0.4) is 0 Å². The van der Waals surface area contributed by atoms with Crippen LogP contribution in [0.25, 0.3) is 21.9 Å². The van der Waals surface area contributed by atoms with Gasteiger partial charge in [0.05, 0.1) is 10.9 Å². The Morgan fingerprint density at radius 3 is 2.67 bits per heavy atom. The van der Waals surface area contributed by atoms with Crippen LogP contribution in [0.1, 0.15) is 50.3 Å². The van der Waals surface area contributed by atoms with E-state index in [1.54, 1.807) is 6.20 Å². The zero-order valence-electron chi connectivity index (χ0n) is 12.0. The van der Waals surface area contributed by atoms with Crippen LogP contribution in [-0.2, 0) is 0 Å². The Morgan fingerprint density at radius 2 is 1.86 bits per heavy atom. The minimum atomic E-state index is 0.513. The van der Waals surface area contributed by atoms with Gasteiger partial charge in [0.15, 0.2) is 5.52 Å². The molecule has 4 nitrogen and oxygen atoms in total. The normalized spacial score (nSPS) is 17.3. The van der Waals surface area contributed by atoms with E-state index in [0.29, 0.717) is 11.4 Å². The Bertz CT molecular complexity index is 785. The maximum absolute atomic E-state index is 12.1. The molecule has 21 heavy (non-hydrogen) atoms. The summed E-state index contributed by atoms with van der Waals surface area (Å²) in [4.78, 5) is 8.21. The van der Waals surface area contributed by atoms with E-state index in [-0.39, 0.29) is 0 Å². The Labute approximate surface area is 123 Å². The molecule has 2 aromatic heterocycles. The van der Waals surface area contributed by atoms with Crippen LogP contribution in [0.5, 0.6) is 0 Å². The molecule has 1 aliphatic carbocycles. The summed E-state index contributed by atoms with van der Waals surface area (Å²) in [5, 5.41) is 13.1. The van der Waals surface area contributed by atoms with Crippen molar-refractivity contribution in [3.8, 4) is 0 Å². The predicted octanol–water partition coefficient (Wildman–Crippen LogP) is 3.79. The molecule has 0 atom stereocenters. The van der Waals surface area contributed by atoms with E-state index in [2.05, 4.69) is 4.98 Å². The first kappa shape index (κ1) is 12.6. The number of hydrogen-bond acceptors (Lipinski definition) is 2. The lowest BCUT2D eigenvalue weighted by Gasteiger charge is -2.09. The third-order valence-electron chi connectivity index (χ3n) is 4.64. The fourth-order valence-corrected chi connectivity index (χ4v) is 3.51. The largest absolute Gasteiger partial charge is 0.618 e. The smallest absolute Gasteiger partial charge is 0.226 e. The lowest BCUT2D eigenvalue weighted by Crippen LogP contribution is -2.26. The van der Waals surface area contributed by atoms with Gasteiger partial charge in [-0.1, -0.05) is 37.8 Å². The Morgan fingerprint density at radius 1 is 1.10 bits per heavy atom. The number of aromatic nitrogens is 3. The fraction of sp³-hybridized carbons (Fsp3) is 0.412. The highest BCUT2D eigenvalue weighted by Crippen LogP contribution is 2.32. The minimum absolute atomic E-state index is 0.513. The average Bonchev–Trinajstić information content (AvgIpc) is 2.75. The Hall–Kier alpha value is -2.10. The number of fused-ring (bicyclic) bond motifs is 3. The summed E-state index contributed by atoms with van der Waals surface area (Å²) in [6, 6.07) is 7.70. The SMILES string of the molecule is [O-][n+]1cc2nc(C3CCCCCC3)[nH]c2c2ccccc21. The fourth-order valence-electron chi connectivity index (χ4n) is 3.51. The van der Waals surface area contributed by atoms with Crippen LogP contribution in [0.15, 0.2) is 30.5 Å². The molecule has 1 N–H and O–H groups in total. The third kappa shape index (κ3) is 2.15. The summed E-state index contributed by atoms with van der Waals surface area (Å²) in [5.41, 5.74) is 2.47. The number of benzene rings is 1. The van der Waals surface area contributed by atoms with Crippen molar-refractivity contribution < 1.29 is 4.73 Å². The number of rotatable bonds is 1. The van der Waals surface area contributed by atoms with Crippen molar-refractivity contribution in [2.75, 3.05) is 0 Å². The van der Waals surface area contributed by atoms with Crippen molar-refractivity contribution in [1.82, 2.24) is 9.97 Å². The van der Waals surface area contributed by atoms with Crippen LogP contribution < -0.4 is 4.73 Å². The number of H-pyrrole nitrogens is 1. The molecule has 0 radical (unpaired) electrons. The van der Waals surface area contributed by atoms with Gasteiger partial charge in [0.2, 0.25) is 11.7 Å². The monoisotopic (exact) mass is 281 g/mol. The molecule has 4 heteroatoms. The number of imidazole rings is 1. The third-order valence-corrected chi connectivity index (χ3v) is 4.64. The van der Waals surface area contributed by atoms with E-state index < -0.39 is 0 Å². The van der Waals surface area contributed by atoms with E-state index in [0.717, 1.165) is 27.0 Å². The summed E-state index contributed by atoms with van der Waals surface area (Å²) < 4.78 is 0.926. The number of hydrogen-bond donors (Lipinski definition) is 1. The average molecular weight is 281 g/mol. The molecular weight excluding hydrogens is 262 g/mol. The van der Waals surface area contributed by atoms with Gasteiger partial charge >= 0.3 is 0 Å². The summed E-state index contributed by atoms with van der Waals surface area (Å²) in [7, 11) is 0. The maximum Gasteiger partial charge on any atom is 0.226 e. The second-order valence-corrected chi connectivity index (χ2v) is 6.04. The molecule has 0 aliphatic heterocycles. The molecule has 1 fully saturated rings. The molecule has 1 saturated carbocycles. The van der Waals surface area contributed by atoms with Gasteiger partial charge in [0.25, 0.3) is 0 Å². The second kappa shape index (κ2) is 5.02. The quantitative estimate of drug-likeness (QED) is 0.419. The summed E-state index contributed by atoms with van der Waals surface area (Å²) >= 11 is 0. The molecule has 1 aromatic carbocycles. The van der Waals surface area contributed by atoms with Crippen LogP contribution >= 0.6 is 0 Å². The van der Waals surface area contributed by atoms with Gasteiger partial charge in [0.1, 0.15) is 5.82 Å². The topological polar surface area (TPSA) is 55.6 Å². The van der Waals surface area contributed by atoms with E-state index in [1.807, 2.05) is 24.3 Å². The molecule has 108 valence electrons. The molecule has 0 unspecified atom stereocenters. The Balaban J connectivity index is 1.87. The van der Waals surface area contributed by atoms with E-state index in [4.69, 9.17) is 4.98 Å². The molecule has 0 saturated heterocycles. The standard InChI is InChI=1S/C17H19N3O/c21-20-11-14-16(13-9-5-6-10-15(13)20)19-17(18-14)12-7-3-1-2-4-8-12/h5-6,9-12H,1-4,7-8H2,(H,18,19). The number of aromatic amines is 1. The molecule has 0 bridgehead atoms. The molecule has 0 spiro atoms. The summed E-state index contributed by atoms with van der Waals surface area (Å²) in [6.45, 7) is 0. The van der Waals surface area contributed by atoms with Crippen molar-refractivity contribution in [2.24, 2.45) is 0 Å². The number of pyridine rings is 1. The molecule has 3 aromatic rings. The van der Waals surface area contributed by atoms with Gasteiger partial charge in [-0.05, 0) is 18.9 Å². The van der Waals surface area contributed by atoms with Gasteiger partial charge in [-0.15, -0.1) is 0 Å². The number of nitrogens with one attached hydrogen (secondary N) is 1. The van der Waals surface area contributed by atoms with Crippen molar-refractivity contribution in [2.45, 2.75) is 44.4 Å². The van der Waals surface area contributed by atoms with E-state index >= 15 is 0 Å². The first-order valence-electron chi connectivity index (χ1n) is 7.83. The summed E-state index contributed by atoms with van der Waals surface area (Å²) in [5.74, 6) is 1.57. The van der Waals surface area contributed by atoms with Crippen molar-refractivity contribution in [1.29, 1.82) is 0 Å². The predicted molar refractivity (Wildman–Crippen MR) is 83.0 cm³/mol. The first-order valence-corrected chi connectivity index (χ1v) is 7.83. The lowest BCUT2D eigenvalue weighted by atomic mass is 10.00. The van der Waals surface area contributed by atoms with Gasteiger partial charge in [-0.2, -0.15) is 4.73 Å². The highest BCUT2D eigenvalue weighted by atomic mass is 16.5. The summed E-state index contributed by atoms with van der Waals surface area (Å²) in [6.07, 6.45) is 9.23. The molecule has 0 amide bonds.